The predicted molar refractivity (Wildman–Crippen MR) is 81.6 cm³/mol. The van der Waals surface area contributed by atoms with Crippen LogP contribution in [0.2, 0.25) is 0 Å². The van der Waals surface area contributed by atoms with Gasteiger partial charge in [-0.05, 0) is 36.8 Å². The Morgan fingerprint density at radius 3 is 2.48 bits per heavy atom. The van der Waals surface area contributed by atoms with Crippen LogP contribution < -0.4 is 4.74 Å². The fourth-order valence-electron chi connectivity index (χ4n) is 3.07. The zero-order valence-electron chi connectivity index (χ0n) is 12.8. The van der Waals surface area contributed by atoms with E-state index >= 15 is 0 Å². The summed E-state index contributed by atoms with van der Waals surface area (Å²) in [6.45, 7) is 1.89. The van der Waals surface area contributed by atoms with Crippen LogP contribution in [0, 0.1) is 6.92 Å². The van der Waals surface area contributed by atoms with E-state index < -0.39 is 6.10 Å². The van der Waals surface area contributed by atoms with E-state index in [0.717, 1.165) is 16.8 Å². The third-order valence-corrected chi connectivity index (χ3v) is 4.51. The minimum absolute atomic E-state index is 0.614. The number of ether oxygens (including phenoxy) is 1. The summed E-state index contributed by atoms with van der Waals surface area (Å²) in [6, 6.07) is 8.31. The van der Waals surface area contributed by atoms with Gasteiger partial charge in [0.2, 0.25) is 5.88 Å². The van der Waals surface area contributed by atoms with Crippen LogP contribution in [0.25, 0.3) is 0 Å². The second-order valence-electron chi connectivity index (χ2n) is 5.83. The van der Waals surface area contributed by atoms with Gasteiger partial charge in [0.25, 0.3) is 0 Å². The number of aliphatic hydroxyl groups is 1. The largest absolute Gasteiger partial charge is 0.481 e. The lowest BCUT2D eigenvalue weighted by Crippen LogP contribution is -2.09. The maximum Gasteiger partial charge on any atom is 0.217 e. The first-order valence-electron chi connectivity index (χ1n) is 7.47. The predicted octanol–water partition coefficient (Wildman–Crippen LogP) is 3.09. The lowest BCUT2D eigenvalue weighted by atomic mass is 9.80. The Hall–Kier alpha value is -1.81. The molecule has 0 aliphatic heterocycles. The van der Waals surface area contributed by atoms with Gasteiger partial charge in [-0.3, -0.25) is 0 Å². The highest BCUT2D eigenvalue weighted by molar-refractivity contribution is 5.40. The highest BCUT2D eigenvalue weighted by atomic mass is 16.5. The van der Waals surface area contributed by atoms with Crippen molar-refractivity contribution in [3.05, 3.63) is 46.6 Å². The van der Waals surface area contributed by atoms with Crippen LogP contribution in [0.5, 0.6) is 5.88 Å². The molecular weight excluding hydrogens is 264 g/mol. The van der Waals surface area contributed by atoms with Gasteiger partial charge in [0.05, 0.1) is 18.4 Å². The molecule has 4 heteroatoms. The van der Waals surface area contributed by atoms with Gasteiger partial charge >= 0.3 is 0 Å². The van der Waals surface area contributed by atoms with Crippen molar-refractivity contribution in [2.45, 2.75) is 38.2 Å². The lowest BCUT2D eigenvalue weighted by molar-refractivity contribution is 0.213. The third kappa shape index (κ3) is 2.44. The number of hydrogen-bond donors (Lipinski definition) is 1. The molecule has 1 saturated carbocycles. The highest BCUT2D eigenvalue weighted by Crippen LogP contribution is 2.37. The Morgan fingerprint density at radius 1 is 1.29 bits per heavy atom. The number of hydrogen-bond acceptors (Lipinski definition) is 3. The van der Waals surface area contributed by atoms with Crippen molar-refractivity contribution in [2.24, 2.45) is 7.05 Å². The van der Waals surface area contributed by atoms with Gasteiger partial charge in [0.15, 0.2) is 0 Å². The van der Waals surface area contributed by atoms with Gasteiger partial charge in [0, 0.05) is 7.05 Å². The number of benzene rings is 1. The fraction of sp³-hybridized carbons (Fsp3) is 0.471. The molecule has 0 radical (unpaired) electrons. The molecule has 112 valence electrons. The Balaban J connectivity index is 1.89. The summed E-state index contributed by atoms with van der Waals surface area (Å²) in [5, 5.41) is 15.0. The number of methoxy groups -OCH3 is 1. The zero-order valence-corrected chi connectivity index (χ0v) is 12.8. The minimum atomic E-state index is -0.705. The smallest absolute Gasteiger partial charge is 0.217 e. The molecule has 1 fully saturated rings. The van der Waals surface area contributed by atoms with E-state index in [4.69, 9.17) is 4.74 Å². The van der Waals surface area contributed by atoms with E-state index in [1.165, 1.54) is 24.8 Å². The highest BCUT2D eigenvalue weighted by Gasteiger charge is 2.24. The van der Waals surface area contributed by atoms with E-state index in [1.807, 2.05) is 26.1 Å². The maximum atomic E-state index is 10.7. The Labute approximate surface area is 125 Å². The molecule has 1 aliphatic rings. The van der Waals surface area contributed by atoms with E-state index in [-0.39, 0.29) is 0 Å². The summed E-state index contributed by atoms with van der Waals surface area (Å²) in [5.41, 5.74) is 3.81. The van der Waals surface area contributed by atoms with Crippen LogP contribution >= 0.6 is 0 Å². The van der Waals surface area contributed by atoms with Crippen molar-refractivity contribution in [3.63, 3.8) is 0 Å². The number of aliphatic hydroxyl groups excluding tert-OH is 1. The molecule has 0 bridgehead atoms. The molecule has 1 aromatic heterocycles. The quantitative estimate of drug-likeness (QED) is 0.939. The summed E-state index contributed by atoms with van der Waals surface area (Å²) in [6.07, 6.45) is 3.21. The first-order valence-corrected chi connectivity index (χ1v) is 7.47. The number of aryl methyl sites for hydroxylation is 2. The van der Waals surface area contributed by atoms with E-state index in [0.29, 0.717) is 11.8 Å². The first-order chi connectivity index (χ1) is 10.1. The molecule has 1 atom stereocenters. The topological polar surface area (TPSA) is 47.3 Å². The van der Waals surface area contributed by atoms with Crippen LogP contribution in [0.1, 0.15) is 53.7 Å². The van der Waals surface area contributed by atoms with Gasteiger partial charge in [-0.25, -0.2) is 4.68 Å². The normalized spacial score (nSPS) is 16.6. The number of nitrogens with zero attached hydrogens (tertiary/aromatic N) is 2. The molecule has 4 nitrogen and oxygen atoms in total. The van der Waals surface area contributed by atoms with E-state index in [1.54, 1.807) is 11.8 Å². The van der Waals surface area contributed by atoms with Crippen molar-refractivity contribution in [2.75, 3.05) is 7.11 Å². The van der Waals surface area contributed by atoms with Crippen molar-refractivity contribution >= 4 is 0 Å². The molecule has 21 heavy (non-hydrogen) atoms. The molecule has 2 aromatic rings. The Kier molecular flexibility index (Phi) is 3.72. The van der Waals surface area contributed by atoms with Crippen molar-refractivity contribution in [1.29, 1.82) is 0 Å². The summed E-state index contributed by atoms with van der Waals surface area (Å²) in [7, 11) is 3.42. The van der Waals surface area contributed by atoms with Gasteiger partial charge in [-0.2, -0.15) is 5.10 Å². The average Bonchev–Trinajstić information content (AvgIpc) is 2.71. The molecule has 0 amide bonds. The van der Waals surface area contributed by atoms with Crippen molar-refractivity contribution < 1.29 is 9.84 Å². The zero-order chi connectivity index (χ0) is 15.0. The molecule has 1 aliphatic carbocycles. The molecule has 1 aromatic carbocycles. The summed E-state index contributed by atoms with van der Waals surface area (Å²) >= 11 is 0. The van der Waals surface area contributed by atoms with E-state index in [9.17, 15) is 5.11 Å². The maximum absolute atomic E-state index is 10.7. The fourth-order valence-corrected chi connectivity index (χ4v) is 3.07. The van der Waals surface area contributed by atoms with Gasteiger partial charge in [0.1, 0.15) is 6.10 Å². The van der Waals surface area contributed by atoms with Crippen molar-refractivity contribution in [1.82, 2.24) is 9.78 Å². The van der Waals surface area contributed by atoms with Crippen LogP contribution in [0.3, 0.4) is 0 Å². The second kappa shape index (κ2) is 5.53. The van der Waals surface area contributed by atoms with Crippen molar-refractivity contribution in [3.8, 4) is 5.88 Å². The minimum Gasteiger partial charge on any atom is -0.481 e. The monoisotopic (exact) mass is 286 g/mol. The molecule has 1 unspecified atom stereocenters. The molecule has 0 saturated heterocycles. The lowest BCUT2D eigenvalue weighted by Gasteiger charge is -2.26. The summed E-state index contributed by atoms with van der Waals surface area (Å²) in [4.78, 5) is 0. The Bertz CT molecular complexity index is 627. The molecule has 3 rings (SSSR count). The SMILES string of the molecule is COc1c(C(O)c2ccc(C3CCC3)cc2)c(C)nn1C. The van der Waals surface area contributed by atoms with E-state index in [2.05, 4.69) is 17.2 Å². The van der Waals surface area contributed by atoms with Crippen LogP contribution in [-0.2, 0) is 7.05 Å². The van der Waals surface area contributed by atoms with Crippen LogP contribution in [0.4, 0.5) is 0 Å². The van der Waals surface area contributed by atoms with Gasteiger partial charge in [-0.1, -0.05) is 30.7 Å². The number of aromatic nitrogens is 2. The van der Waals surface area contributed by atoms with Crippen LogP contribution in [-0.4, -0.2) is 22.0 Å². The summed E-state index contributed by atoms with van der Waals surface area (Å²) < 4.78 is 7.03. The first kappa shape index (κ1) is 14.1. The molecule has 1 heterocycles. The molecular formula is C17H22N2O2. The summed E-state index contributed by atoms with van der Waals surface area (Å²) in [5.74, 6) is 1.33. The standard InChI is InChI=1S/C17H22N2O2/c1-11-15(17(21-3)19(2)18-11)16(20)14-9-7-13(8-10-14)12-5-4-6-12/h7-10,12,16,20H,4-6H2,1-3H3. The third-order valence-electron chi connectivity index (χ3n) is 4.51. The number of rotatable bonds is 4. The molecule has 1 N–H and O–H groups in total. The van der Waals surface area contributed by atoms with Gasteiger partial charge < -0.3 is 9.84 Å². The Morgan fingerprint density at radius 2 is 1.95 bits per heavy atom. The second-order valence-corrected chi connectivity index (χ2v) is 5.83. The van der Waals surface area contributed by atoms with Crippen LogP contribution in [0.15, 0.2) is 24.3 Å². The van der Waals surface area contributed by atoms with Gasteiger partial charge in [-0.15, -0.1) is 0 Å². The molecule has 0 spiro atoms. The average molecular weight is 286 g/mol.